The van der Waals surface area contributed by atoms with Crippen LogP contribution in [0.15, 0.2) is 18.3 Å². The van der Waals surface area contributed by atoms with Crippen LogP contribution in [0, 0.1) is 0 Å². The highest BCUT2D eigenvalue weighted by Gasteiger charge is 2.15. The Hall–Kier alpha value is -0.800. The summed E-state index contributed by atoms with van der Waals surface area (Å²) in [4.78, 5) is 4.17. The summed E-state index contributed by atoms with van der Waals surface area (Å²) < 4.78 is 11.0. The molecule has 0 aromatic carbocycles. The minimum atomic E-state index is 0.266. The predicted octanol–water partition coefficient (Wildman–Crippen LogP) is 2.38. The van der Waals surface area contributed by atoms with Gasteiger partial charge in [-0.15, -0.1) is 11.6 Å². The van der Waals surface area contributed by atoms with E-state index in [0.717, 1.165) is 37.5 Å². The Morgan fingerprint density at radius 2 is 2.20 bits per heavy atom. The van der Waals surface area contributed by atoms with Gasteiger partial charge in [0.2, 0.25) is 0 Å². The van der Waals surface area contributed by atoms with Crippen LogP contribution in [0.4, 0.5) is 0 Å². The van der Waals surface area contributed by atoms with Crippen LogP contribution < -0.4 is 4.74 Å². The molecule has 0 spiro atoms. The first-order chi connectivity index (χ1) is 7.38. The van der Waals surface area contributed by atoms with Crippen LogP contribution in [0.2, 0.25) is 0 Å². The molecule has 2 heterocycles. The fourth-order valence-electron chi connectivity index (χ4n) is 1.55. The predicted molar refractivity (Wildman–Crippen MR) is 58.3 cm³/mol. The third-order valence-electron chi connectivity index (χ3n) is 2.41. The Bertz CT molecular complexity index is 296. The zero-order valence-corrected chi connectivity index (χ0v) is 9.24. The molecule has 0 unspecified atom stereocenters. The molecule has 0 atom stereocenters. The number of halogens is 1. The Balaban J connectivity index is 1.91. The second-order valence-electron chi connectivity index (χ2n) is 3.55. The van der Waals surface area contributed by atoms with Gasteiger partial charge < -0.3 is 9.47 Å². The number of ether oxygens (including phenoxy) is 2. The van der Waals surface area contributed by atoms with Gasteiger partial charge in [0.25, 0.3) is 0 Å². The van der Waals surface area contributed by atoms with Crippen LogP contribution in [0.5, 0.6) is 5.75 Å². The smallest absolute Gasteiger partial charge is 0.138 e. The van der Waals surface area contributed by atoms with Gasteiger partial charge in [0.05, 0.1) is 31.0 Å². The zero-order valence-electron chi connectivity index (χ0n) is 8.49. The van der Waals surface area contributed by atoms with Crippen molar-refractivity contribution in [3.63, 3.8) is 0 Å². The number of hydrogen-bond donors (Lipinski definition) is 0. The lowest BCUT2D eigenvalue weighted by atomic mass is 10.1. The van der Waals surface area contributed by atoms with E-state index in [0.29, 0.717) is 5.88 Å². The zero-order chi connectivity index (χ0) is 10.5. The average molecular weight is 228 g/mol. The molecular formula is C11H14ClNO2. The largest absolute Gasteiger partial charge is 0.489 e. The van der Waals surface area contributed by atoms with E-state index in [9.17, 15) is 0 Å². The number of aromatic nitrogens is 1. The van der Waals surface area contributed by atoms with Gasteiger partial charge in [-0.2, -0.15) is 0 Å². The van der Waals surface area contributed by atoms with Crippen molar-refractivity contribution in [2.24, 2.45) is 0 Å². The van der Waals surface area contributed by atoms with E-state index in [1.807, 2.05) is 12.1 Å². The molecule has 2 rings (SSSR count). The maximum Gasteiger partial charge on any atom is 0.138 e. The molecule has 0 amide bonds. The molecule has 1 saturated heterocycles. The molecule has 82 valence electrons. The summed E-state index contributed by atoms with van der Waals surface area (Å²) in [5.41, 5.74) is 0.871. The minimum absolute atomic E-state index is 0.266. The first-order valence-corrected chi connectivity index (χ1v) is 5.67. The number of alkyl halides is 1. The third kappa shape index (κ3) is 3.08. The maximum atomic E-state index is 5.77. The Morgan fingerprint density at radius 1 is 1.40 bits per heavy atom. The van der Waals surface area contributed by atoms with Crippen molar-refractivity contribution >= 4 is 11.6 Å². The van der Waals surface area contributed by atoms with Crippen molar-refractivity contribution in [1.29, 1.82) is 0 Å². The van der Waals surface area contributed by atoms with Crippen molar-refractivity contribution in [2.45, 2.75) is 24.8 Å². The summed E-state index contributed by atoms with van der Waals surface area (Å²) in [6, 6.07) is 3.81. The fraction of sp³-hybridized carbons (Fsp3) is 0.545. The van der Waals surface area contributed by atoms with E-state index < -0.39 is 0 Å². The van der Waals surface area contributed by atoms with E-state index in [1.54, 1.807) is 6.20 Å². The highest BCUT2D eigenvalue weighted by atomic mass is 35.5. The molecule has 4 heteroatoms. The second kappa shape index (κ2) is 5.33. The molecule has 1 fully saturated rings. The molecule has 0 aliphatic carbocycles. The highest BCUT2D eigenvalue weighted by molar-refractivity contribution is 6.16. The fourth-order valence-corrected chi connectivity index (χ4v) is 1.70. The van der Waals surface area contributed by atoms with Gasteiger partial charge in [0.1, 0.15) is 11.9 Å². The second-order valence-corrected chi connectivity index (χ2v) is 3.82. The van der Waals surface area contributed by atoms with Gasteiger partial charge in [-0.1, -0.05) is 0 Å². The van der Waals surface area contributed by atoms with Crippen LogP contribution in [-0.2, 0) is 10.6 Å². The van der Waals surface area contributed by atoms with Crippen molar-refractivity contribution < 1.29 is 9.47 Å². The Labute approximate surface area is 94.4 Å². The summed E-state index contributed by atoms with van der Waals surface area (Å²) in [5, 5.41) is 0. The summed E-state index contributed by atoms with van der Waals surface area (Å²) in [6.07, 6.45) is 3.91. The highest BCUT2D eigenvalue weighted by Crippen LogP contribution is 2.17. The molecule has 0 bridgehead atoms. The SMILES string of the molecule is ClCc1ccc(OC2CCOCC2)cn1. The summed E-state index contributed by atoms with van der Waals surface area (Å²) >= 11 is 5.65. The molecule has 1 aromatic rings. The monoisotopic (exact) mass is 227 g/mol. The molecule has 0 N–H and O–H groups in total. The van der Waals surface area contributed by atoms with Crippen LogP contribution >= 0.6 is 11.6 Å². The van der Waals surface area contributed by atoms with Gasteiger partial charge in [-0.3, -0.25) is 4.98 Å². The molecule has 1 aliphatic heterocycles. The van der Waals surface area contributed by atoms with Gasteiger partial charge in [0.15, 0.2) is 0 Å². The van der Waals surface area contributed by atoms with Gasteiger partial charge in [-0.25, -0.2) is 0 Å². The van der Waals surface area contributed by atoms with Gasteiger partial charge in [-0.05, 0) is 12.1 Å². The summed E-state index contributed by atoms with van der Waals surface area (Å²) in [6.45, 7) is 1.58. The lowest BCUT2D eigenvalue weighted by Crippen LogP contribution is -2.25. The van der Waals surface area contributed by atoms with Gasteiger partial charge in [0, 0.05) is 12.8 Å². The summed E-state index contributed by atoms with van der Waals surface area (Å²) in [5.74, 6) is 1.26. The first kappa shape index (κ1) is 10.7. The number of rotatable bonds is 3. The van der Waals surface area contributed by atoms with E-state index in [1.165, 1.54) is 0 Å². The number of pyridine rings is 1. The van der Waals surface area contributed by atoms with E-state index in [2.05, 4.69) is 4.98 Å². The molecule has 15 heavy (non-hydrogen) atoms. The topological polar surface area (TPSA) is 31.4 Å². The van der Waals surface area contributed by atoms with Crippen molar-refractivity contribution in [1.82, 2.24) is 4.98 Å². The van der Waals surface area contributed by atoms with Crippen LogP contribution in [0.1, 0.15) is 18.5 Å². The lowest BCUT2D eigenvalue weighted by molar-refractivity contribution is 0.0254. The molecule has 0 radical (unpaired) electrons. The molecule has 1 aromatic heterocycles. The average Bonchev–Trinajstić information content (AvgIpc) is 2.31. The van der Waals surface area contributed by atoms with E-state index in [-0.39, 0.29) is 6.10 Å². The van der Waals surface area contributed by atoms with Crippen molar-refractivity contribution in [3.05, 3.63) is 24.0 Å². The van der Waals surface area contributed by atoms with E-state index in [4.69, 9.17) is 21.1 Å². The van der Waals surface area contributed by atoms with Crippen LogP contribution in [-0.4, -0.2) is 24.3 Å². The maximum absolute atomic E-state index is 5.77. The van der Waals surface area contributed by atoms with E-state index >= 15 is 0 Å². The standard InChI is InChI=1S/C11H14ClNO2/c12-7-9-1-2-11(8-13-9)15-10-3-5-14-6-4-10/h1-2,8,10H,3-7H2. The Kier molecular flexibility index (Phi) is 3.80. The van der Waals surface area contributed by atoms with Crippen LogP contribution in [0.25, 0.3) is 0 Å². The molecule has 3 nitrogen and oxygen atoms in total. The third-order valence-corrected chi connectivity index (χ3v) is 2.68. The van der Waals surface area contributed by atoms with Crippen molar-refractivity contribution in [3.8, 4) is 5.75 Å². The van der Waals surface area contributed by atoms with Crippen LogP contribution in [0.3, 0.4) is 0 Å². The molecule has 1 aliphatic rings. The normalized spacial score (nSPS) is 17.7. The summed E-state index contributed by atoms with van der Waals surface area (Å²) in [7, 11) is 0. The first-order valence-electron chi connectivity index (χ1n) is 5.14. The molecule has 0 saturated carbocycles. The minimum Gasteiger partial charge on any atom is -0.489 e. The lowest BCUT2D eigenvalue weighted by Gasteiger charge is -2.23. The van der Waals surface area contributed by atoms with Crippen molar-refractivity contribution in [2.75, 3.05) is 13.2 Å². The molecular weight excluding hydrogens is 214 g/mol. The number of nitrogens with zero attached hydrogens (tertiary/aromatic N) is 1. The number of hydrogen-bond acceptors (Lipinski definition) is 3. The quantitative estimate of drug-likeness (QED) is 0.743. The Morgan fingerprint density at radius 3 is 2.80 bits per heavy atom. The van der Waals surface area contributed by atoms with Gasteiger partial charge >= 0.3 is 0 Å².